The molecule has 0 heterocycles. The molecule has 72 valence electrons. The van der Waals surface area contributed by atoms with E-state index in [-0.39, 0.29) is 0 Å². The monoisotopic (exact) mass is 178 g/mol. The third-order valence-electron chi connectivity index (χ3n) is 3.27. The van der Waals surface area contributed by atoms with Gasteiger partial charge in [0.2, 0.25) is 0 Å². The Morgan fingerprint density at radius 1 is 1.15 bits per heavy atom. The van der Waals surface area contributed by atoms with Gasteiger partial charge in [0.25, 0.3) is 0 Å². The third kappa shape index (κ3) is 2.43. The fraction of sp³-hybridized carbons (Fsp3) is 0.750. The summed E-state index contributed by atoms with van der Waals surface area (Å²) in [6.45, 7) is 0. The molecule has 0 aliphatic heterocycles. The predicted molar refractivity (Wildman–Crippen MR) is 53.4 cm³/mol. The lowest BCUT2D eigenvalue weighted by atomic mass is 10.1. The number of hydrogen-bond donors (Lipinski definition) is 0. The summed E-state index contributed by atoms with van der Waals surface area (Å²) in [4.78, 5) is 11.5. The average Bonchev–Trinajstić information content (AvgIpc) is 2.87. The van der Waals surface area contributed by atoms with Crippen molar-refractivity contribution in [3.05, 3.63) is 12.2 Å². The fourth-order valence-electron chi connectivity index (χ4n) is 2.26. The van der Waals surface area contributed by atoms with Crippen LogP contribution in [-0.4, -0.2) is 5.78 Å². The van der Waals surface area contributed by atoms with Gasteiger partial charge in [0.05, 0.1) is 0 Å². The van der Waals surface area contributed by atoms with E-state index >= 15 is 0 Å². The van der Waals surface area contributed by atoms with E-state index in [1.165, 1.54) is 38.5 Å². The van der Waals surface area contributed by atoms with E-state index in [4.69, 9.17) is 0 Å². The van der Waals surface area contributed by atoms with E-state index in [1.54, 1.807) is 0 Å². The minimum atomic E-state index is 0.395. The lowest BCUT2D eigenvalue weighted by Crippen LogP contribution is -1.97. The van der Waals surface area contributed by atoms with Gasteiger partial charge >= 0.3 is 0 Å². The van der Waals surface area contributed by atoms with Crippen molar-refractivity contribution in [2.75, 3.05) is 0 Å². The average molecular weight is 178 g/mol. The van der Waals surface area contributed by atoms with Crippen LogP contribution < -0.4 is 0 Å². The molecule has 1 heteroatoms. The second-order valence-electron chi connectivity index (χ2n) is 4.40. The molecule has 1 saturated carbocycles. The molecule has 0 radical (unpaired) electrons. The van der Waals surface area contributed by atoms with Crippen molar-refractivity contribution in [3.8, 4) is 0 Å². The van der Waals surface area contributed by atoms with E-state index in [9.17, 15) is 4.79 Å². The van der Waals surface area contributed by atoms with Crippen LogP contribution in [0.4, 0.5) is 0 Å². The molecule has 2 aliphatic carbocycles. The summed E-state index contributed by atoms with van der Waals surface area (Å²) in [5, 5.41) is 0. The van der Waals surface area contributed by atoms with Gasteiger partial charge in [-0.25, -0.2) is 0 Å². The Kier molecular flexibility index (Phi) is 2.82. The summed E-state index contributed by atoms with van der Waals surface area (Å²) in [6.07, 6.45) is 12.8. The molecule has 0 aromatic rings. The SMILES string of the molecule is O=C1/C=C\CCCCCC[C@H]2C[C@H]12. The van der Waals surface area contributed by atoms with Crippen LogP contribution in [0.15, 0.2) is 12.2 Å². The molecule has 0 spiro atoms. The standard InChI is InChI=1S/C12H18O/c13-12-8-6-4-2-1-3-5-7-10-9-11(10)12/h6,8,10-11H,1-5,7,9H2/b8-6-/t10-,11-/m0/s1. The fourth-order valence-corrected chi connectivity index (χ4v) is 2.26. The zero-order chi connectivity index (χ0) is 9.10. The number of hydrogen-bond acceptors (Lipinski definition) is 1. The molecule has 2 atom stereocenters. The van der Waals surface area contributed by atoms with Crippen molar-refractivity contribution in [1.29, 1.82) is 0 Å². The Balaban J connectivity index is 1.90. The molecule has 0 amide bonds. The molecule has 1 fully saturated rings. The van der Waals surface area contributed by atoms with Crippen LogP contribution in [0.5, 0.6) is 0 Å². The lowest BCUT2D eigenvalue weighted by Gasteiger charge is -1.97. The van der Waals surface area contributed by atoms with Crippen molar-refractivity contribution in [1.82, 2.24) is 0 Å². The predicted octanol–water partition coefficient (Wildman–Crippen LogP) is 3.10. The molecular weight excluding hydrogens is 160 g/mol. The molecule has 1 nitrogen and oxygen atoms in total. The molecule has 2 rings (SSSR count). The van der Waals surface area contributed by atoms with Gasteiger partial charge < -0.3 is 0 Å². The van der Waals surface area contributed by atoms with Crippen LogP contribution in [0.3, 0.4) is 0 Å². The summed E-state index contributed by atoms with van der Waals surface area (Å²) in [5.74, 6) is 1.55. The van der Waals surface area contributed by atoms with Crippen molar-refractivity contribution in [3.63, 3.8) is 0 Å². The van der Waals surface area contributed by atoms with Crippen molar-refractivity contribution in [2.45, 2.75) is 44.9 Å². The topological polar surface area (TPSA) is 17.1 Å². The molecule has 0 saturated heterocycles. The number of rotatable bonds is 0. The van der Waals surface area contributed by atoms with Crippen molar-refractivity contribution >= 4 is 5.78 Å². The molecule has 0 unspecified atom stereocenters. The molecular formula is C12H18O. The molecule has 0 aromatic heterocycles. The molecule has 13 heavy (non-hydrogen) atoms. The lowest BCUT2D eigenvalue weighted by molar-refractivity contribution is -0.116. The van der Waals surface area contributed by atoms with E-state index in [0.717, 1.165) is 12.3 Å². The number of ketones is 1. The molecule has 0 aromatic carbocycles. The second-order valence-corrected chi connectivity index (χ2v) is 4.40. The number of fused-ring (bicyclic) bond motifs is 1. The molecule has 0 bridgehead atoms. The molecule has 0 N–H and O–H groups in total. The van der Waals surface area contributed by atoms with Gasteiger partial charge in [-0.15, -0.1) is 0 Å². The number of allylic oxidation sites excluding steroid dienone is 2. The van der Waals surface area contributed by atoms with Gasteiger partial charge in [-0.1, -0.05) is 25.3 Å². The van der Waals surface area contributed by atoms with Gasteiger partial charge in [-0.2, -0.15) is 0 Å². The highest BCUT2D eigenvalue weighted by molar-refractivity contribution is 5.93. The van der Waals surface area contributed by atoms with Crippen LogP contribution in [0.25, 0.3) is 0 Å². The van der Waals surface area contributed by atoms with E-state index in [1.807, 2.05) is 6.08 Å². The zero-order valence-corrected chi connectivity index (χ0v) is 8.17. The molecule has 2 aliphatic rings. The number of carbonyl (C=O) groups excluding carboxylic acids is 1. The van der Waals surface area contributed by atoms with Crippen LogP contribution in [0, 0.1) is 11.8 Å². The third-order valence-corrected chi connectivity index (χ3v) is 3.27. The summed E-state index contributed by atoms with van der Waals surface area (Å²) in [6, 6.07) is 0. The summed E-state index contributed by atoms with van der Waals surface area (Å²) in [7, 11) is 0. The maximum absolute atomic E-state index is 11.5. The summed E-state index contributed by atoms with van der Waals surface area (Å²) >= 11 is 0. The van der Waals surface area contributed by atoms with Gasteiger partial charge in [0.15, 0.2) is 5.78 Å². The maximum Gasteiger partial charge on any atom is 0.158 e. The van der Waals surface area contributed by atoms with Crippen LogP contribution in [0.2, 0.25) is 0 Å². The highest BCUT2D eigenvalue weighted by atomic mass is 16.1. The summed E-state index contributed by atoms with van der Waals surface area (Å²) in [5.41, 5.74) is 0. The smallest absolute Gasteiger partial charge is 0.158 e. The minimum absolute atomic E-state index is 0.395. The Bertz CT molecular complexity index is 217. The number of carbonyl (C=O) groups is 1. The summed E-state index contributed by atoms with van der Waals surface area (Å²) < 4.78 is 0. The minimum Gasteiger partial charge on any atom is -0.295 e. The maximum atomic E-state index is 11.5. The zero-order valence-electron chi connectivity index (χ0n) is 8.17. The Hall–Kier alpha value is -0.590. The van der Waals surface area contributed by atoms with Gasteiger partial charge in [0.1, 0.15) is 0 Å². The van der Waals surface area contributed by atoms with Crippen LogP contribution in [0.1, 0.15) is 44.9 Å². The Morgan fingerprint density at radius 2 is 2.00 bits per heavy atom. The Morgan fingerprint density at radius 3 is 2.92 bits per heavy atom. The normalized spacial score (nSPS) is 37.4. The van der Waals surface area contributed by atoms with Crippen molar-refractivity contribution < 1.29 is 4.79 Å². The van der Waals surface area contributed by atoms with Gasteiger partial charge in [-0.3, -0.25) is 4.79 Å². The van der Waals surface area contributed by atoms with Gasteiger partial charge in [0, 0.05) is 5.92 Å². The second kappa shape index (κ2) is 4.08. The quantitative estimate of drug-likeness (QED) is 0.557. The Labute approximate surface area is 80.2 Å². The largest absolute Gasteiger partial charge is 0.295 e. The first kappa shape index (κ1) is 8.98. The van der Waals surface area contributed by atoms with Crippen LogP contribution >= 0.6 is 0 Å². The first-order chi connectivity index (χ1) is 6.38. The van der Waals surface area contributed by atoms with E-state index in [2.05, 4.69) is 6.08 Å². The first-order valence-corrected chi connectivity index (χ1v) is 5.58. The van der Waals surface area contributed by atoms with Crippen LogP contribution in [-0.2, 0) is 4.79 Å². The first-order valence-electron chi connectivity index (χ1n) is 5.58. The highest BCUT2D eigenvalue weighted by Gasteiger charge is 2.40. The van der Waals surface area contributed by atoms with Gasteiger partial charge in [-0.05, 0) is 37.7 Å². The van der Waals surface area contributed by atoms with Crippen molar-refractivity contribution in [2.24, 2.45) is 11.8 Å². The highest BCUT2D eigenvalue weighted by Crippen LogP contribution is 2.43. The van der Waals surface area contributed by atoms with E-state index in [0.29, 0.717) is 11.7 Å². The van der Waals surface area contributed by atoms with E-state index < -0.39 is 0 Å².